The van der Waals surface area contributed by atoms with Crippen molar-refractivity contribution in [3.8, 4) is 16.9 Å². The van der Waals surface area contributed by atoms with Gasteiger partial charge in [0.05, 0.1) is 7.11 Å². The molecule has 3 rings (SSSR count). The highest BCUT2D eigenvalue weighted by Crippen LogP contribution is 2.25. The van der Waals surface area contributed by atoms with Gasteiger partial charge in [0.1, 0.15) is 11.6 Å². The Balaban J connectivity index is 1.95. The summed E-state index contributed by atoms with van der Waals surface area (Å²) in [4.78, 5) is 23.4. The topological polar surface area (TPSA) is 85.5 Å². The Bertz CT molecular complexity index is 1020. The standard InChI is InChI=1S/C18H17N3O4/c1-20-16(11-17(22)21(24)18(20)23)19-14-5-3-4-13(10-14)12-6-8-15(25-2)9-7-12/h3-11,19,24H,1-2H3. The smallest absolute Gasteiger partial charge is 0.365 e. The van der Waals surface area contributed by atoms with Gasteiger partial charge in [-0.05, 0) is 35.4 Å². The van der Waals surface area contributed by atoms with Gasteiger partial charge < -0.3 is 15.3 Å². The molecule has 1 aromatic heterocycles. The lowest BCUT2D eigenvalue weighted by Gasteiger charge is -2.12. The largest absolute Gasteiger partial charge is 0.497 e. The molecule has 0 unspecified atom stereocenters. The van der Waals surface area contributed by atoms with Crippen molar-refractivity contribution in [3.05, 3.63) is 75.4 Å². The SMILES string of the molecule is COc1ccc(-c2cccc(Nc3cc(=O)n(O)c(=O)n3C)c2)cc1. The summed E-state index contributed by atoms with van der Waals surface area (Å²) in [6.07, 6.45) is 0. The lowest BCUT2D eigenvalue weighted by Crippen LogP contribution is -2.37. The number of anilines is 2. The van der Waals surface area contributed by atoms with Gasteiger partial charge in [-0.25, -0.2) is 4.79 Å². The molecule has 7 nitrogen and oxygen atoms in total. The van der Waals surface area contributed by atoms with Crippen molar-refractivity contribution < 1.29 is 9.94 Å². The second kappa shape index (κ2) is 6.56. The van der Waals surface area contributed by atoms with E-state index in [0.717, 1.165) is 27.5 Å². The quantitative estimate of drug-likeness (QED) is 0.712. The molecule has 0 bridgehead atoms. The molecule has 0 radical (unpaired) electrons. The summed E-state index contributed by atoms with van der Waals surface area (Å²) in [6, 6.07) is 16.3. The monoisotopic (exact) mass is 339 g/mol. The van der Waals surface area contributed by atoms with E-state index in [0.29, 0.717) is 5.69 Å². The second-order valence-corrected chi connectivity index (χ2v) is 5.46. The molecular weight excluding hydrogens is 322 g/mol. The Morgan fingerprint density at radius 1 is 1.00 bits per heavy atom. The van der Waals surface area contributed by atoms with Gasteiger partial charge in [0.15, 0.2) is 0 Å². The van der Waals surface area contributed by atoms with Crippen molar-refractivity contribution in [2.45, 2.75) is 0 Å². The van der Waals surface area contributed by atoms with Crippen LogP contribution in [0, 0.1) is 0 Å². The third-order valence-electron chi connectivity index (χ3n) is 3.86. The maximum atomic E-state index is 11.8. The Hall–Kier alpha value is -3.48. The normalized spacial score (nSPS) is 10.5. The maximum absolute atomic E-state index is 11.8. The van der Waals surface area contributed by atoms with Crippen molar-refractivity contribution in [1.82, 2.24) is 9.30 Å². The Labute approximate surface area is 143 Å². The summed E-state index contributed by atoms with van der Waals surface area (Å²) >= 11 is 0. The zero-order valence-electron chi connectivity index (χ0n) is 13.8. The van der Waals surface area contributed by atoms with Crippen molar-refractivity contribution in [2.24, 2.45) is 7.05 Å². The number of hydrogen-bond donors (Lipinski definition) is 2. The molecule has 0 spiro atoms. The molecule has 2 N–H and O–H groups in total. The molecule has 3 aromatic rings. The minimum atomic E-state index is -0.818. The van der Waals surface area contributed by atoms with Gasteiger partial charge in [-0.1, -0.05) is 29.0 Å². The van der Waals surface area contributed by atoms with E-state index in [9.17, 15) is 14.8 Å². The number of hydrogen-bond acceptors (Lipinski definition) is 5. The fourth-order valence-corrected chi connectivity index (χ4v) is 2.44. The zero-order valence-corrected chi connectivity index (χ0v) is 13.8. The molecule has 0 fully saturated rings. The lowest BCUT2D eigenvalue weighted by atomic mass is 10.1. The number of benzene rings is 2. The van der Waals surface area contributed by atoms with Crippen LogP contribution < -0.4 is 21.3 Å². The Morgan fingerprint density at radius 2 is 1.72 bits per heavy atom. The molecule has 0 amide bonds. The number of ether oxygens (including phenoxy) is 1. The average Bonchev–Trinajstić information content (AvgIpc) is 2.64. The van der Waals surface area contributed by atoms with Crippen LogP contribution in [0.1, 0.15) is 0 Å². The molecule has 25 heavy (non-hydrogen) atoms. The fourth-order valence-electron chi connectivity index (χ4n) is 2.44. The molecule has 2 aromatic carbocycles. The lowest BCUT2D eigenvalue weighted by molar-refractivity contribution is 0.156. The van der Waals surface area contributed by atoms with Crippen molar-refractivity contribution >= 4 is 11.5 Å². The van der Waals surface area contributed by atoms with Crippen LogP contribution in [0.5, 0.6) is 5.75 Å². The first-order valence-corrected chi connectivity index (χ1v) is 7.53. The first kappa shape index (κ1) is 16.4. The summed E-state index contributed by atoms with van der Waals surface area (Å²) in [7, 11) is 3.08. The van der Waals surface area contributed by atoms with Crippen LogP contribution in [0.25, 0.3) is 11.1 Å². The number of methoxy groups -OCH3 is 1. The molecule has 0 saturated carbocycles. The maximum Gasteiger partial charge on any atom is 0.365 e. The van der Waals surface area contributed by atoms with Crippen molar-refractivity contribution in [2.75, 3.05) is 12.4 Å². The molecule has 0 aliphatic carbocycles. The first-order valence-electron chi connectivity index (χ1n) is 7.53. The Morgan fingerprint density at radius 3 is 2.40 bits per heavy atom. The van der Waals surface area contributed by atoms with Gasteiger partial charge in [-0.2, -0.15) is 0 Å². The highest BCUT2D eigenvalue weighted by molar-refractivity contribution is 5.70. The minimum Gasteiger partial charge on any atom is -0.497 e. The van der Waals surface area contributed by atoms with Gasteiger partial charge in [-0.3, -0.25) is 9.36 Å². The summed E-state index contributed by atoms with van der Waals surface area (Å²) in [5.74, 6) is 1.06. The van der Waals surface area contributed by atoms with E-state index in [4.69, 9.17) is 4.74 Å². The van der Waals surface area contributed by atoms with E-state index in [1.807, 2.05) is 48.5 Å². The van der Waals surface area contributed by atoms with Gasteiger partial charge in [0.2, 0.25) is 0 Å². The predicted molar refractivity (Wildman–Crippen MR) is 94.8 cm³/mol. The molecule has 7 heteroatoms. The van der Waals surface area contributed by atoms with Gasteiger partial charge >= 0.3 is 5.69 Å². The van der Waals surface area contributed by atoms with Crippen LogP contribution in [0.4, 0.5) is 11.5 Å². The molecule has 1 heterocycles. The first-order chi connectivity index (χ1) is 12.0. The third kappa shape index (κ3) is 3.25. The zero-order chi connectivity index (χ0) is 18.0. The molecule has 0 aliphatic rings. The minimum absolute atomic E-state index is 0.0684. The summed E-state index contributed by atoms with van der Waals surface area (Å²) in [6.45, 7) is 0. The summed E-state index contributed by atoms with van der Waals surface area (Å²) in [5, 5.41) is 12.4. The molecule has 0 saturated heterocycles. The molecule has 128 valence electrons. The highest BCUT2D eigenvalue weighted by atomic mass is 16.5. The summed E-state index contributed by atoms with van der Waals surface area (Å²) in [5.41, 5.74) is 1.06. The number of aromatic nitrogens is 2. The van der Waals surface area contributed by atoms with Gasteiger partial charge in [0, 0.05) is 18.8 Å². The van der Waals surface area contributed by atoms with Crippen LogP contribution in [0.15, 0.2) is 64.2 Å². The van der Waals surface area contributed by atoms with E-state index in [1.54, 1.807) is 7.11 Å². The number of nitrogens with one attached hydrogen (secondary N) is 1. The van der Waals surface area contributed by atoms with Crippen molar-refractivity contribution in [3.63, 3.8) is 0 Å². The molecular formula is C18H17N3O4. The highest BCUT2D eigenvalue weighted by Gasteiger charge is 2.08. The van der Waals surface area contributed by atoms with Crippen LogP contribution in [-0.4, -0.2) is 21.6 Å². The number of rotatable bonds is 4. The summed E-state index contributed by atoms with van der Waals surface area (Å²) < 4.78 is 6.38. The van der Waals surface area contributed by atoms with E-state index in [-0.39, 0.29) is 10.5 Å². The van der Waals surface area contributed by atoms with Gasteiger partial charge in [0.25, 0.3) is 5.56 Å². The average molecular weight is 339 g/mol. The second-order valence-electron chi connectivity index (χ2n) is 5.46. The van der Waals surface area contributed by atoms with E-state index >= 15 is 0 Å². The van der Waals surface area contributed by atoms with Crippen LogP contribution in [0.3, 0.4) is 0 Å². The van der Waals surface area contributed by atoms with Crippen molar-refractivity contribution in [1.29, 1.82) is 0 Å². The third-order valence-corrected chi connectivity index (χ3v) is 3.86. The molecule has 0 atom stereocenters. The van der Waals surface area contributed by atoms with E-state index in [1.165, 1.54) is 7.05 Å². The van der Waals surface area contributed by atoms with E-state index in [2.05, 4.69) is 5.32 Å². The van der Waals surface area contributed by atoms with E-state index < -0.39 is 11.2 Å². The van der Waals surface area contributed by atoms with Crippen LogP contribution in [0.2, 0.25) is 0 Å². The number of nitrogens with zero attached hydrogens (tertiary/aromatic N) is 2. The van der Waals surface area contributed by atoms with Crippen LogP contribution >= 0.6 is 0 Å². The van der Waals surface area contributed by atoms with Gasteiger partial charge in [-0.15, -0.1) is 0 Å². The predicted octanol–water partition coefficient (Wildman–Crippen LogP) is 2.20. The van der Waals surface area contributed by atoms with Crippen LogP contribution in [-0.2, 0) is 7.05 Å². The Kier molecular flexibility index (Phi) is 4.30. The fraction of sp³-hybridized carbons (Fsp3) is 0.111. The molecule has 0 aliphatic heterocycles.